The Morgan fingerprint density at radius 1 is 1.27 bits per heavy atom. The van der Waals surface area contributed by atoms with Crippen LogP contribution in [0.3, 0.4) is 0 Å². The SMILES string of the molecule is O=C(c1cc(-c2ccco2)[nH]n1)N1CC[C@@H](S(=O)(=O)Cc2ccco2)C1. The van der Waals surface area contributed by atoms with E-state index in [0.29, 0.717) is 30.2 Å². The molecule has 3 aromatic rings. The number of sulfone groups is 1. The normalized spacial score (nSPS) is 17.7. The van der Waals surface area contributed by atoms with Crippen molar-refractivity contribution in [3.63, 3.8) is 0 Å². The van der Waals surface area contributed by atoms with Crippen LogP contribution in [0.2, 0.25) is 0 Å². The van der Waals surface area contributed by atoms with E-state index in [0.717, 1.165) is 0 Å². The average Bonchev–Trinajstić information content (AvgIpc) is 3.41. The zero-order valence-electron chi connectivity index (χ0n) is 13.8. The molecule has 1 aliphatic rings. The Bertz CT molecular complexity index is 989. The van der Waals surface area contributed by atoms with Crippen LogP contribution in [0.5, 0.6) is 0 Å². The van der Waals surface area contributed by atoms with Crippen molar-refractivity contribution < 1.29 is 22.0 Å². The maximum Gasteiger partial charge on any atom is 0.274 e. The molecule has 0 aliphatic carbocycles. The molecule has 26 heavy (non-hydrogen) atoms. The third kappa shape index (κ3) is 3.17. The molecule has 1 amide bonds. The fourth-order valence-electron chi connectivity index (χ4n) is 3.07. The first-order valence-corrected chi connectivity index (χ1v) is 9.87. The first kappa shape index (κ1) is 16.6. The molecule has 8 nitrogen and oxygen atoms in total. The minimum atomic E-state index is -3.39. The van der Waals surface area contributed by atoms with Crippen LogP contribution < -0.4 is 0 Å². The zero-order valence-corrected chi connectivity index (χ0v) is 14.6. The van der Waals surface area contributed by atoms with Gasteiger partial charge in [0, 0.05) is 19.2 Å². The molecule has 0 radical (unpaired) electrons. The van der Waals surface area contributed by atoms with Gasteiger partial charge in [0.25, 0.3) is 5.91 Å². The van der Waals surface area contributed by atoms with Crippen LogP contribution in [0.4, 0.5) is 0 Å². The third-order valence-corrected chi connectivity index (χ3v) is 6.53. The summed E-state index contributed by atoms with van der Waals surface area (Å²) in [6.45, 7) is 0.536. The van der Waals surface area contributed by atoms with Crippen LogP contribution in [0.25, 0.3) is 11.5 Å². The number of likely N-dealkylation sites (tertiary alicyclic amines) is 1. The van der Waals surface area contributed by atoms with E-state index in [1.54, 1.807) is 30.3 Å². The summed E-state index contributed by atoms with van der Waals surface area (Å²) in [4.78, 5) is 14.1. The van der Waals surface area contributed by atoms with Crippen molar-refractivity contribution in [2.24, 2.45) is 0 Å². The second kappa shape index (κ2) is 6.49. The summed E-state index contributed by atoms with van der Waals surface area (Å²) in [5.41, 5.74) is 0.833. The highest BCUT2D eigenvalue weighted by Crippen LogP contribution is 2.24. The molecule has 1 fully saturated rings. The van der Waals surface area contributed by atoms with Crippen LogP contribution in [-0.4, -0.2) is 47.8 Å². The largest absolute Gasteiger partial charge is 0.468 e. The van der Waals surface area contributed by atoms with Crippen molar-refractivity contribution in [2.75, 3.05) is 13.1 Å². The molecule has 1 aliphatic heterocycles. The number of nitrogens with zero attached hydrogens (tertiary/aromatic N) is 2. The summed E-state index contributed by atoms with van der Waals surface area (Å²) >= 11 is 0. The van der Waals surface area contributed by atoms with E-state index in [9.17, 15) is 13.2 Å². The summed E-state index contributed by atoms with van der Waals surface area (Å²) < 4.78 is 35.5. The van der Waals surface area contributed by atoms with Crippen molar-refractivity contribution in [1.29, 1.82) is 0 Å². The molecule has 1 N–H and O–H groups in total. The van der Waals surface area contributed by atoms with Gasteiger partial charge in [0.15, 0.2) is 21.3 Å². The monoisotopic (exact) mass is 375 g/mol. The molecule has 3 aromatic heterocycles. The molecule has 1 atom stereocenters. The molecule has 4 rings (SSSR count). The number of carbonyl (C=O) groups is 1. The fraction of sp³-hybridized carbons (Fsp3) is 0.294. The molecule has 9 heteroatoms. The molecule has 1 saturated heterocycles. The van der Waals surface area contributed by atoms with Crippen LogP contribution in [0.1, 0.15) is 22.7 Å². The summed E-state index contributed by atoms with van der Waals surface area (Å²) in [5.74, 6) is 0.536. The van der Waals surface area contributed by atoms with Crippen LogP contribution >= 0.6 is 0 Å². The highest BCUT2D eigenvalue weighted by molar-refractivity contribution is 7.91. The topological polar surface area (TPSA) is 109 Å². The second-order valence-corrected chi connectivity index (χ2v) is 8.47. The molecular weight excluding hydrogens is 358 g/mol. The van der Waals surface area contributed by atoms with E-state index in [1.165, 1.54) is 17.4 Å². The summed E-state index contributed by atoms with van der Waals surface area (Å²) in [6, 6.07) is 8.39. The average molecular weight is 375 g/mol. The first-order valence-electron chi connectivity index (χ1n) is 8.15. The molecule has 0 bridgehead atoms. The predicted molar refractivity (Wildman–Crippen MR) is 91.9 cm³/mol. The molecule has 0 spiro atoms. The van der Waals surface area contributed by atoms with Gasteiger partial charge in [-0.15, -0.1) is 0 Å². The number of hydrogen-bond acceptors (Lipinski definition) is 6. The van der Waals surface area contributed by atoms with Gasteiger partial charge in [0.05, 0.1) is 17.8 Å². The van der Waals surface area contributed by atoms with E-state index in [1.807, 2.05) is 0 Å². The molecule has 0 saturated carbocycles. The number of H-pyrrole nitrogens is 1. The van der Waals surface area contributed by atoms with E-state index < -0.39 is 15.1 Å². The maximum atomic E-state index is 12.6. The lowest BCUT2D eigenvalue weighted by atomic mass is 10.3. The Labute approximate surface area is 149 Å². The van der Waals surface area contributed by atoms with Gasteiger partial charge in [-0.1, -0.05) is 0 Å². The van der Waals surface area contributed by atoms with Crippen LogP contribution in [0.15, 0.2) is 51.7 Å². The Hall–Kier alpha value is -2.81. The number of furan rings is 2. The lowest BCUT2D eigenvalue weighted by Gasteiger charge is -2.15. The van der Waals surface area contributed by atoms with E-state index in [2.05, 4.69) is 10.2 Å². The standard InChI is InChI=1S/C17H17N3O5S/c21-17(15-9-14(18-19-15)16-4-2-8-25-16)20-6-5-13(10-20)26(22,23)11-12-3-1-7-24-12/h1-4,7-9,13H,5-6,10-11H2,(H,18,19)/t13-/m1/s1. The Morgan fingerprint density at radius 3 is 2.81 bits per heavy atom. The quantitative estimate of drug-likeness (QED) is 0.731. The maximum absolute atomic E-state index is 12.6. The summed E-state index contributed by atoms with van der Waals surface area (Å²) in [6.07, 6.45) is 3.39. The Balaban J connectivity index is 1.44. The van der Waals surface area contributed by atoms with Crippen molar-refractivity contribution in [3.8, 4) is 11.5 Å². The number of nitrogens with one attached hydrogen (secondary N) is 1. The highest BCUT2D eigenvalue weighted by atomic mass is 32.2. The van der Waals surface area contributed by atoms with Gasteiger partial charge < -0.3 is 13.7 Å². The van der Waals surface area contributed by atoms with E-state index in [-0.39, 0.29) is 23.9 Å². The molecule has 0 aromatic carbocycles. The molecule has 0 unspecified atom stereocenters. The number of aromatic nitrogens is 2. The third-order valence-electron chi connectivity index (χ3n) is 4.45. The smallest absolute Gasteiger partial charge is 0.274 e. The number of aromatic amines is 1. The fourth-order valence-corrected chi connectivity index (χ4v) is 4.74. The predicted octanol–water partition coefficient (Wildman–Crippen LogP) is 2.09. The van der Waals surface area contributed by atoms with Gasteiger partial charge in [-0.3, -0.25) is 9.89 Å². The highest BCUT2D eigenvalue weighted by Gasteiger charge is 2.36. The summed E-state index contributed by atoms with van der Waals surface area (Å²) in [7, 11) is -3.39. The van der Waals surface area contributed by atoms with Gasteiger partial charge in [-0.25, -0.2) is 8.42 Å². The van der Waals surface area contributed by atoms with Crippen molar-refractivity contribution in [2.45, 2.75) is 17.4 Å². The van der Waals surface area contributed by atoms with Crippen molar-refractivity contribution in [1.82, 2.24) is 15.1 Å². The second-order valence-electron chi connectivity index (χ2n) is 6.19. The van der Waals surface area contributed by atoms with E-state index >= 15 is 0 Å². The first-order chi connectivity index (χ1) is 12.5. The van der Waals surface area contributed by atoms with E-state index in [4.69, 9.17) is 8.83 Å². The minimum Gasteiger partial charge on any atom is -0.468 e. The van der Waals surface area contributed by atoms with Gasteiger partial charge in [-0.05, 0) is 30.7 Å². The number of carbonyl (C=O) groups excluding carboxylic acids is 1. The van der Waals surface area contributed by atoms with Gasteiger partial charge >= 0.3 is 0 Å². The molecular formula is C17H17N3O5S. The van der Waals surface area contributed by atoms with Crippen molar-refractivity contribution in [3.05, 3.63) is 54.3 Å². The Morgan fingerprint density at radius 2 is 2.08 bits per heavy atom. The van der Waals surface area contributed by atoms with Gasteiger partial charge in [-0.2, -0.15) is 5.10 Å². The number of hydrogen-bond donors (Lipinski definition) is 1. The number of rotatable bonds is 5. The van der Waals surface area contributed by atoms with Gasteiger partial charge in [0.2, 0.25) is 0 Å². The Kier molecular flexibility index (Phi) is 4.15. The van der Waals surface area contributed by atoms with Crippen LogP contribution in [0, 0.1) is 0 Å². The lowest BCUT2D eigenvalue weighted by Crippen LogP contribution is -2.32. The number of amides is 1. The molecule has 4 heterocycles. The molecule has 136 valence electrons. The van der Waals surface area contributed by atoms with Crippen LogP contribution in [-0.2, 0) is 15.6 Å². The summed E-state index contributed by atoms with van der Waals surface area (Å²) in [5, 5.41) is 6.19. The zero-order chi connectivity index (χ0) is 18.1. The van der Waals surface area contributed by atoms with Crippen molar-refractivity contribution >= 4 is 15.7 Å². The van der Waals surface area contributed by atoms with Gasteiger partial charge in [0.1, 0.15) is 17.2 Å². The lowest BCUT2D eigenvalue weighted by molar-refractivity contribution is 0.0787. The minimum absolute atomic E-state index is 0.155.